The number of pyridine rings is 1. The minimum Gasteiger partial charge on any atom is -0.481 e. The molecule has 1 amide bonds. The normalized spacial score (nSPS) is 25.4. The van der Waals surface area contributed by atoms with Crippen molar-refractivity contribution >= 4 is 29.3 Å². The Bertz CT molecular complexity index is 521. The summed E-state index contributed by atoms with van der Waals surface area (Å²) in [6.45, 7) is 2.01. The molecule has 2 rings (SSSR count). The van der Waals surface area contributed by atoms with E-state index in [1.807, 2.05) is 6.92 Å². The molecule has 1 aliphatic rings. The van der Waals surface area contributed by atoms with Crippen LogP contribution < -0.4 is 5.32 Å². The predicted molar refractivity (Wildman–Crippen MR) is 75.5 cm³/mol. The quantitative estimate of drug-likeness (QED) is 0.895. The Morgan fingerprint density at radius 3 is 2.75 bits per heavy atom. The number of anilines is 1. The molecule has 1 aromatic rings. The van der Waals surface area contributed by atoms with E-state index >= 15 is 0 Å². The Kier molecular flexibility index (Phi) is 4.60. The highest BCUT2D eigenvalue weighted by atomic mass is 35.5. The Hall–Kier alpha value is -1.62. The summed E-state index contributed by atoms with van der Waals surface area (Å²) in [4.78, 5) is 27.5. The van der Waals surface area contributed by atoms with Gasteiger partial charge in [0.15, 0.2) is 5.82 Å². The molecule has 108 valence electrons. The van der Waals surface area contributed by atoms with Gasteiger partial charge in [-0.3, -0.25) is 9.59 Å². The molecular formula is C14H17ClN2O3. The molecule has 1 fully saturated rings. The standard InChI is InChI=1S/C14H17ClN2O3/c1-2-8-6-9(10(7-8)14(19)20)13(18)17-12-11(15)4-3-5-16-12/h3-5,8-10H,2,6-7H2,1H3,(H,19,20)(H,16,17,18). The van der Waals surface area contributed by atoms with Crippen LogP contribution in [0, 0.1) is 17.8 Å². The molecule has 0 bridgehead atoms. The van der Waals surface area contributed by atoms with Crippen molar-refractivity contribution in [2.24, 2.45) is 17.8 Å². The van der Waals surface area contributed by atoms with E-state index in [-0.39, 0.29) is 17.6 Å². The van der Waals surface area contributed by atoms with Crippen LogP contribution >= 0.6 is 11.6 Å². The molecule has 0 saturated heterocycles. The third-order valence-corrected chi connectivity index (χ3v) is 4.20. The van der Waals surface area contributed by atoms with E-state index in [1.165, 1.54) is 6.20 Å². The van der Waals surface area contributed by atoms with E-state index in [9.17, 15) is 14.7 Å². The predicted octanol–water partition coefficient (Wildman–Crippen LogP) is 2.81. The number of amides is 1. The first-order valence-corrected chi connectivity index (χ1v) is 7.04. The molecule has 20 heavy (non-hydrogen) atoms. The van der Waals surface area contributed by atoms with Gasteiger partial charge in [-0.05, 0) is 30.9 Å². The Labute approximate surface area is 122 Å². The van der Waals surface area contributed by atoms with Crippen LogP contribution in [0.4, 0.5) is 5.82 Å². The average molecular weight is 297 g/mol. The molecule has 3 atom stereocenters. The van der Waals surface area contributed by atoms with Crippen LogP contribution in [-0.4, -0.2) is 22.0 Å². The number of rotatable bonds is 4. The summed E-state index contributed by atoms with van der Waals surface area (Å²) < 4.78 is 0. The number of carbonyl (C=O) groups excluding carboxylic acids is 1. The van der Waals surface area contributed by atoms with Gasteiger partial charge in [0, 0.05) is 6.20 Å². The fourth-order valence-electron chi connectivity index (χ4n) is 2.73. The van der Waals surface area contributed by atoms with Crippen molar-refractivity contribution in [1.29, 1.82) is 0 Å². The first-order valence-electron chi connectivity index (χ1n) is 6.67. The summed E-state index contributed by atoms with van der Waals surface area (Å²) in [5.74, 6) is -1.80. The molecule has 1 saturated carbocycles. The van der Waals surface area contributed by atoms with Crippen LogP contribution in [0.25, 0.3) is 0 Å². The van der Waals surface area contributed by atoms with Gasteiger partial charge < -0.3 is 10.4 Å². The van der Waals surface area contributed by atoms with Crippen LogP contribution in [0.1, 0.15) is 26.2 Å². The maximum absolute atomic E-state index is 12.3. The second kappa shape index (κ2) is 6.22. The van der Waals surface area contributed by atoms with Crippen LogP contribution in [0.15, 0.2) is 18.3 Å². The molecule has 0 aliphatic heterocycles. The SMILES string of the molecule is CCC1CC(C(=O)O)C(C(=O)Nc2ncccc2Cl)C1. The Morgan fingerprint density at radius 2 is 2.15 bits per heavy atom. The zero-order valence-electron chi connectivity index (χ0n) is 11.2. The number of carboxylic acid groups (broad SMARTS) is 1. The lowest BCUT2D eigenvalue weighted by molar-refractivity contribution is -0.145. The van der Waals surface area contributed by atoms with Gasteiger partial charge in [-0.2, -0.15) is 0 Å². The highest BCUT2D eigenvalue weighted by Crippen LogP contribution is 2.39. The summed E-state index contributed by atoms with van der Waals surface area (Å²) in [7, 11) is 0. The van der Waals surface area contributed by atoms with Gasteiger partial charge in [0.2, 0.25) is 5.91 Å². The van der Waals surface area contributed by atoms with Crippen molar-refractivity contribution < 1.29 is 14.7 Å². The van der Waals surface area contributed by atoms with Crippen LogP contribution in [0.3, 0.4) is 0 Å². The van der Waals surface area contributed by atoms with E-state index < -0.39 is 17.8 Å². The monoisotopic (exact) mass is 296 g/mol. The Balaban J connectivity index is 2.11. The van der Waals surface area contributed by atoms with E-state index in [1.54, 1.807) is 12.1 Å². The maximum Gasteiger partial charge on any atom is 0.307 e. The van der Waals surface area contributed by atoms with Crippen molar-refractivity contribution in [2.75, 3.05) is 5.32 Å². The van der Waals surface area contributed by atoms with Crippen LogP contribution in [0.2, 0.25) is 5.02 Å². The highest BCUT2D eigenvalue weighted by Gasteiger charge is 2.42. The second-order valence-electron chi connectivity index (χ2n) is 5.12. The number of aromatic nitrogens is 1. The molecule has 2 N–H and O–H groups in total. The molecule has 1 aromatic heterocycles. The fourth-order valence-corrected chi connectivity index (χ4v) is 2.89. The van der Waals surface area contributed by atoms with Crippen molar-refractivity contribution in [3.63, 3.8) is 0 Å². The third kappa shape index (κ3) is 3.10. The van der Waals surface area contributed by atoms with Crippen molar-refractivity contribution in [3.05, 3.63) is 23.4 Å². The number of aliphatic carboxylic acids is 1. The minimum absolute atomic E-state index is 0.281. The van der Waals surface area contributed by atoms with Crippen molar-refractivity contribution in [1.82, 2.24) is 4.98 Å². The smallest absolute Gasteiger partial charge is 0.307 e. The van der Waals surface area contributed by atoms with E-state index in [2.05, 4.69) is 10.3 Å². The van der Waals surface area contributed by atoms with Gasteiger partial charge in [0.1, 0.15) is 0 Å². The largest absolute Gasteiger partial charge is 0.481 e. The first-order chi connectivity index (χ1) is 9.52. The number of hydrogen-bond acceptors (Lipinski definition) is 3. The fraction of sp³-hybridized carbons (Fsp3) is 0.500. The number of nitrogens with one attached hydrogen (secondary N) is 1. The number of carbonyl (C=O) groups is 2. The van der Waals surface area contributed by atoms with E-state index in [4.69, 9.17) is 11.6 Å². The molecule has 3 unspecified atom stereocenters. The lowest BCUT2D eigenvalue weighted by atomic mass is 9.95. The minimum atomic E-state index is -0.909. The van der Waals surface area contributed by atoms with E-state index in [0.29, 0.717) is 17.9 Å². The number of halogens is 1. The summed E-state index contributed by atoms with van der Waals surface area (Å²) >= 11 is 5.94. The second-order valence-corrected chi connectivity index (χ2v) is 5.53. The Morgan fingerprint density at radius 1 is 1.45 bits per heavy atom. The molecule has 0 radical (unpaired) electrons. The summed E-state index contributed by atoms with van der Waals surface area (Å²) in [5, 5.41) is 12.2. The van der Waals surface area contributed by atoms with Crippen molar-refractivity contribution in [3.8, 4) is 0 Å². The van der Waals surface area contributed by atoms with Gasteiger partial charge in [0.05, 0.1) is 16.9 Å². The van der Waals surface area contributed by atoms with Gasteiger partial charge in [-0.1, -0.05) is 24.9 Å². The number of nitrogens with zero attached hydrogens (tertiary/aromatic N) is 1. The molecule has 5 nitrogen and oxygen atoms in total. The summed E-state index contributed by atoms with van der Waals surface area (Å²) in [6.07, 6.45) is 3.57. The van der Waals surface area contributed by atoms with Gasteiger partial charge in [-0.15, -0.1) is 0 Å². The lowest BCUT2D eigenvalue weighted by Gasteiger charge is -2.15. The maximum atomic E-state index is 12.3. The zero-order valence-corrected chi connectivity index (χ0v) is 11.9. The van der Waals surface area contributed by atoms with Gasteiger partial charge in [-0.25, -0.2) is 4.98 Å². The summed E-state index contributed by atoms with van der Waals surface area (Å²) in [6, 6.07) is 3.29. The molecule has 1 aliphatic carbocycles. The van der Waals surface area contributed by atoms with Crippen molar-refractivity contribution in [2.45, 2.75) is 26.2 Å². The van der Waals surface area contributed by atoms with Crippen LogP contribution in [0.5, 0.6) is 0 Å². The highest BCUT2D eigenvalue weighted by molar-refractivity contribution is 6.33. The molecule has 0 aromatic carbocycles. The number of carboxylic acids is 1. The molecule has 6 heteroatoms. The average Bonchev–Trinajstić information content (AvgIpc) is 2.86. The zero-order chi connectivity index (χ0) is 14.7. The van der Waals surface area contributed by atoms with E-state index in [0.717, 1.165) is 6.42 Å². The number of hydrogen-bond donors (Lipinski definition) is 2. The van der Waals surface area contributed by atoms with Gasteiger partial charge in [0.25, 0.3) is 0 Å². The lowest BCUT2D eigenvalue weighted by Crippen LogP contribution is -2.30. The molecule has 0 spiro atoms. The summed E-state index contributed by atoms with van der Waals surface area (Å²) in [5.41, 5.74) is 0. The molecular weight excluding hydrogens is 280 g/mol. The third-order valence-electron chi connectivity index (χ3n) is 3.89. The van der Waals surface area contributed by atoms with Gasteiger partial charge >= 0.3 is 5.97 Å². The molecule has 1 heterocycles. The topological polar surface area (TPSA) is 79.3 Å². The van der Waals surface area contributed by atoms with Crippen LogP contribution in [-0.2, 0) is 9.59 Å². The first kappa shape index (κ1) is 14.8.